The highest BCUT2D eigenvalue weighted by Crippen LogP contribution is 2.38. The molecule has 16 heavy (non-hydrogen) atoms. The van der Waals surface area contributed by atoms with Crippen LogP contribution in [-0.4, -0.2) is 61.7 Å². The molecule has 0 saturated heterocycles. The minimum absolute atomic E-state index is 0.471. The predicted octanol–water partition coefficient (Wildman–Crippen LogP) is 1.12. The highest BCUT2D eigenvalue weighted by atomic mass is 16.4. The molecule has 0 unspecified atom stereocenters. The van der Waals surface area contributed by atoms with Gasteiger partial charge in [-0.15, -0.1) is 0 Å². The first-order valence-corrected chi connectivity index (χ1v) is 6.03. The van der Waals surface area contributed by atoms with Gasteiger partial charge in [0.15, 0.2) is 0 Å². The molecule has 1 fully saturated rings. The second-order valence-electron chi connectivity index (χ2n) is 5.33. The van der Waals surface area contributed by atoms with Gasteiger partial charge in [-0.05, 0) is 34.0 Å². The second-order valence-corrected chi connectivity index (χ2v) is 5.33. The van der Waals surface area contributed by atoms with Crippen LogP contribution >= 0.6 is 0 Å². The van der Waals surface area contributed by atoms with Crippen molar-refractivity contribution in [3.8, 4) is 0 Å². The van der Waals surface area contributed by atoms with Crippen molar-refractivity contribution in [1.29, 1.82) is 0 Å². The lowest BCUT2D eigenvalue weighted by molar-refractivity contribution is -0.149. The number of rotatable bonds is 6. The number of nitrogens with zero attached hydrogens (tertiary/aromatic N) is 2. The molecule has 0 atom stereocenters. The average Bonchev–Trinajstić information content (AvgIpc) is 2.64. The van der Waals surface area contributed by atoms with E-state index in [1.165, 1.54) is 0 Å². The molecular weight excluding hydrogens is 204 g/mol. The van der Waals surface area contributed by atoms with Gasteiger partial charge >= 0.3 is 5.97 Å². The molecule has 0 radical (unpaired) electrons. The minimum Gasteiger partial charge on any atom is -0.481 e. The summed E-state index contributed by atoms with van der Waals surface area (Å²) in [6, 6.07) is 0. The standard InChI is InChI=1S/C12H24N2O2/c1-13(2)8-9-14(3)10-12(11(15)16)6-4-5-7-12/h4-10H2,1-3H3,(H,15,16). The van der Waals surface area contributed by atoms with Gasteiger partial charge in [-0.1, -0.05) is 12.8 Å². The van der Waals surface area contributed by atoms with Crippen LogP contribution in [0.1, 0.15) is 25.7 Å². The predicted molar refractivity (Wildman–Crippen MR) is 64.6 cm³/mol. The summed E-state index contributed by atoms with van der Waals surface area (Å²) >= 11 is 0. The number of hydrogen-bond acceptors (Lipinski definition) is 3. The second kappa shape index (κ2) is 5.64. The summed E-state index contributed by atoms with van der Waals surface area (Å²) in [5, 5.41) is 9.35. The van der Waals surface area contributed by atoms with Gasteiger partial charge < -0.3 is 14.9 Å². The maximum atomic E-state index is 11.4. The molecule has 1 aliphatic rings. The van der Waals surface area contributed by atoms with Gasteiger partial charge in [-0.3, -0.25) is 4.79 Å². The van der Waals surface area contributed by atoms with Crippen LogP contribution < -0.4 is 0 Å². The molecule has 0 aliphatic heterocycles. The van der Waals surface area contributed by atoms with E-state index in [-0.39, 0.29) is 0 Å². The fourth-order valence-corrected chi connectivity index (χ4v) is 2.46. The van der Waals surface area contributed by atoms with Crippen molar-refractivity contribution in [2.24, 2.45) is 5.41 Å². The Labute approximate surface area is 98.2 Å². The summed E-state index contributed by atoms with van der Waals surface area (Å²) in [4.78, 5) is 15.6. The molecule has 0 aromatic rings. The Bertz CT molecular complexity index is 235. The molecule has 0 heterocycles. The van der Waals surface area contributed by atoms with Crippen molar-refractivity contribution in [3.05, 3.63) is 0 Å². The zero-order valence-electron chi connectivity index (χ0n) is 10.7. The quantitative estimate of drug-likeness (QED) is 0.740. The van der Waals surface area contributed by atoms with Crippen molar-refractivity contribution >= 4 is 5.97 Å². The topological polar surface area (TPSA) is 43.8 Å². The van der Waals surface area contributed by atoms with Gasteiger partial charge in [0, 0.05) is 19.6 Å². The zero-order valence-corrected chi connectivity index (χ0v) is 10.7. The van der Waals surface area contributed by atoms with Crippen LogP contribution in [0.3, 0.4) is 0 Å². The first kappa shape index (κ1) is 13.5. The van der Waals surface area contributed by atoms with E-state index >= 15 is 0 Å². The molecule has 0 amide bonds. The molecule has 1 N–H and O–H groups in total. The smallest absolute Gasteiger partial charge is 0.310 e. The molecule has 0 aromatic carbocycles. The minimum atomic E-state index is -0.610. The SMILES string of the molecule is CN(C)CCN(C)CC1(C(=O)O)CCCC1. The van der Waals surface area contributed by atoms with Crippen molar-refractivity contribution in [2.45, 2.75) is 25.7 Å². The first-order valence-electron chi connectivity index (χ1n) is 6.03. The number of carboxylic acid groups (broad SMARTS) is 1. The van der Waals surface area contributed by atoms with Crippen LogP contribution in [0, 0.1) is 5.41 Å². The van der Waals surface area contributed by atoms with Gasteiger partial charge in [0.1, 0.15) is 0 Å². The Balaban J connectivity index is 2.46. The van der Waals surface area contributed by atoms with Crippen molar-refractivity contribution in [2.75, 3.05) is 40.8 Å². The third kappa shape index (κ3) is 3.46. The Hall–Kier alpha value is -0.610. The van der Waals surface area contributed by atoms with Gasteiger partial charge in [0.2, 0.25) is 0 Å². The van der Waals surface area contributed by atoms with Crippen molar-refractivity contribution in [1.82, 2.24) is 9.80 Å². The van der Waals surface area contributed by atoms with E-state index in [4.69, 9.17) is 0 Å². The van der Waals surface area contributed by atoms with E-state index in [0.29, 0.717) is 6.54 Å². The molecule has 0 bridgehead atoms. The average molecular weight is 228 g/mol. The van der Waals surface area contributed by atoms with Gasteiger partial charge in [0.25, 0.3) is 0 Å². The molecule has 0 aromatic heterocycles. The Morgan fingerprint density at radius 3 is 2.19 bits per heavy atom. The molecule has 4 nitrogen and oxygen atoms in total. The number of likely N-dealkylation sites (N-methyl/N-ethyl adjacent to an activating group) is 2. The molecule has 94 valence electrons. The van der Waals surface area contributed by atoms with E-state index in [1.807, 2.05) is 21.1 Å². The van der Waals surface area contributed by atoms with Crippen LogP contribution in [0.5, 0.6) is 0 Å². The summed E-state index contributed by atoms with van der Waals surface area (Å²) in [6.45, 7) is 2.60. The van der Waals surface area contributed by atoms with Crippen LogP contribution in [0.15, 0.2) is 0 Å². The van der Waals surface area contributed by atoms with Gasteiger partial charge in [-0.25, -0.2) is 0 Å². The number of hydrogen-bond donors (Lipinski definition) is 1. The molecular formula is C12H24N2O2. The summed E-state index contributed by atoms with van der Waals surface area (Å²) in [5.74, 6) is -0.610. The lowest BCUT2D eigenvalue weighted by Crippen LogP contribution is -2.41. The Morgan fingerprint density at radius 2 is 1.75 bits per heavy atom. The monoisotopic (exact) mass is 228 g/mol. The summed E-state index contributed by atoms with van der Waals surface area (Å²) in [5.41, 5.74) is -0.471. The highest BCUT2D eigenvalue weighted by molar-refractivity contribution is 5.75. The Kier molecular flexibility index (Phi) is 4.74. The fraction of sp³-hybridized carbons (Fsp3) is 0.917. The molecule has 1 rings (SSSR count). The first-order chi connectivity index (χ1) is 7.46. The summed E-state index contributed by atoms with van der Waals surface area (Å²) in [7, 11) is 6.10. The maximum absolute atomic E-state index is 11.4. The normalized spacial score (nSPS) is 19.6. The van der Waals surface area contributed by atoms with E-state index < -0.39 is 11.4 Å². The lowest BCUT2D eigenvalue weighted by atomic mass is 9.86. The van der Waals surface area contributed by atoms with Gasteiger partial charge in [0.05, 0.1) is 5.41 Å². The zero-order chi connectivity index (χ0) is 12.2. The van der Waals surface area contributed by atoms with E-state index in [1.54, 1.807) is 0 Å². The number of carboxylic acids is 1. The Morgan fingerprint density at radius 1 is 1.19 bits per heavy atom. The largest absolute Gasteiger partial charge is 0.481 e. The fourth-order valence-electron chi connectivity index (χ4n) is 2.46. The molecule has 4 heteroatoms. The molecule has 0 spiro atoms. The van der Waals surface area contributed by atoms with Crippen LogP contribution in [0.2, 0.25) is 0 Å². The summed E-state index contributed by atoms with van der Waals surface area (Å²) < 4.78 is 0. The molecule has 1 saturated carbocycles. The van der Waals surface area contributed by atoms with E-state index in [2.05, 4.69) is 9.80 Å². The van der Waals surface area contributed by atoms with E-state index in [0.717, 1.165) is 38.8 Å². The maximum Gasteiger partial charge on any atom is 0.310 e. The van der Waals surface area contributed by atoms with Crippen molar-refractivity contribution in [3.63, 3.8) is 0 Å². The van der Waals surface area contributed by atoms with E-state index in [9.17, 15) is 9.90 Å². The van der Waals surface area contributed by atoms with Crippen LogP contribution in [-0.2, 0) is 4.79 Å². The van der Waals surface area contributed by atoms with Crippen LogP contribution in [0.25, 0.3) is 0 Å². The highest BCUT2D eigenvalue weighted by Gasteiger charge is 2.41. The van der Waals surface area contributed by atoms with Crippen LogP contribution in [0.4, 0.5) is 0 Å². The third-order valence-corrected chi connectivity index (χ3v) is 3.52. The van der Waals surface area contributed by atoms with Gasteiger partial charge in [-0.2, -0.15) is 0 Å². The third-order valence-electron chi connectivity index (χ3n) is 3.52. The number of carbonyl (C=O) groups is 1. The molecule has 1 aliphatic carbocycles. The lowest BCUT2D eigenvalue weighted by Gasteiger charge is -2.30. The van der Waals surface area contributed by atoms with Crippen molar-refractivity contribution < 1.29 is 9.90 Å². The number of aliphatic carboxylic acids is 1. The summed E-state index contributed by atoms with van der Waals surface area (Å²) in [6.07, 6.45) is 3.81.